The van der Waals surface area contributed by atoms with Crippen LogP contribution in [0.15, 0.2) is 53.9 Å². The van der Waals surface area contributed by atoms with Gasteiger partial charge in [0.15, 0.2) is 4.96 Å². The fraction of sp³-hybridized carbons (Fsp3) is 0.261. The van der Waals surface area contributed by atoms with Gasteiger partial charge in [-0.05, 0) is 30.5 Å². The highest BCUT2D eigenvalue weighted by molar-refractivity contribution is 7.15. The molecule has 0 radical (unpaired) electrons. The highest BCUT2D eigenvalue weighted by Crippen LogP contribution is 2.40. The van der Waals surface area contributed by atoms with Gasteiger partial charge >= 0.3 is 0 Å². The third-order valence-electron chi connectivity index (χ3n) is 5.58. The zero-order chi connectivity index (χ0) is 19.8. The van der Waals surface area contributed by atoms with E-state index in [0.717, 1.165) is 34.9 Å². The van der Waals surface area contributed by atoms with Crippen LogP contribution in [0.25, 0.3) is 27.5 Å². The molecule has 0 unspecified atom stereocenters. The Labute approximate surface area is 178 Å². The number of imidazole rings is 1. The SMILES string of the molecule is Fc1cccc(Cl)c1-c1nc2scc(-c3ccccc3)n2c1NC1CCCCC1. The number of nitrogens with zero attached hydrogens (tertiary/aromatic N) is 2. The molecule has 1 N–H and O–H groups in total. The number of thiazole rings is 1. The van der Waals surface area contributed by atoms with Crippen molar-refractivity contribution in [2.45, 2.75) is 38.1 Å². The molecular weight excluding hydrogens is 405 g/mol. The van der Waals surface area contributed by atoms with Gasteiger partial charge in [-0.3, -0.25) is 4.40 Å². The molecule has 148 valence electrons. The molecule has 3 nitrogen and oxygen atoms in total. The van der Waals surface area contributed by atoms with Crippen LogP contribution in [0.3, 0.4) is 0 Å². The van der Waals surface area contributed by atoms with Gasteiger partial charge in [0.25, 0.3) is 0 Å². The third-order valence-corrected chi connectivity index (χ3v) is 6.72. The minimum Gasteiger partial charge on any atom is -0.367 e. The van der Waals surface area contributed by atoms with Crippen LogP contribution < -0.4 is 5.32 Å². The second-order valence-corrected chi connectivity index (χ2v) is 8.73. The molecule has 1 fully saturated rings. The lowest BCUT2D eigenvalue weighted by Gasteiger charge is -2.24. The lowest BCUT2D eigenvalue weighted by molar-refractivity contribution is 0.462. The molecule has 2 aromatic carbocycles. The number of fused-ring (bicyclic) bond motifs is 1. The van der Waals surface area contributed by atoms with Gasteiger partial charge in [0, 0.05) is 11.4 Å². The van der Waals surface area contributed by atoms with Crippen LogP contribution in [0.5, 0.6) is 0 Å². The van der Waals surface area contributed by atoms with Crippen molar-refractivity contribution in [2.24, 2.45) is 0 Å². The summed E-state index contributed by atoms with van der Waals surface area (Å²) in [6, 6.07) is 15.4. The lowest BCUT2D eigenvalue weighted by Crippen LogP contribution is -2.23. The molecule has 0 bridgehead atoms. The highest BCUT2D eigenvalue weighted by Gasteiger charge is 2.25. The molecule has 29 heavy (non-hydrogen) atoms. The first kappa shape index (κ1) is 18.6. The van der Waals surface area contributed by atoms with E-state index in [1.807, 2.05) is 18.2 Å². The van der Waals surface area contributed by atoms with Crippen LogP contribution in [0.2, 0.25) is 5.02 Å². The minimum atomic E-state index is -0.351. The summed E-state index contributed by atoms with van der Waals surface area (Å²) in [7, 11) is 0. The van der Waals surface area contributed by atoms with Crippen molar-refractivity contribution in [3.05, 3.63) is 64.8 Å². The Morgan fingerprint density at radius 1 is 1.03 bits per heavy atom. The van der Waals surface area contributed by atoms with Crippen molar-refractivity contribution in [2.75, 3.05) is 5.32 Å². The number of rotatable bonds is 4. The summed E-state index contributed by atoms with van der Waals surface area (Å²) in [5.74, 6) is 0.482. The molecule has 0 saturated heterocycles. The van der Waals surface area contributed by atoms with Crippen molar-refractivity contribution in [3.8, 4) is 22.5 Å². The molecule has 4 aromatic rings. The first-order valence-corrected chi connectivity index (χ1v) is 11.2. The number of hydrogen-bond donors (Lipinski definition) is 1. The van der Waals surface area contributed by atoms with E-state index in [4.69, 9.17) is 16.6 Å². The fourth-order valence-electron chi connectivity index (χ4n) is 4.14. The molecule has 2 heterocycles. The zero-order valence-electron chi connectivity index (χ0n) is 15.9. The molecule has 0 atom stereocenters. The van der Waals surface area contributed by atoms with E-state index in [0.29, 0.717) is 22.3 Å². The van der Waals surface area contributed by atoms with Crippen LogP contribution in [-0.2, 0) is 0 Å². The van der Waals surface area contributed by atoms with Gasteiger partial charge in [-0.15, -0.1) is 11.3 Å². The maximum Gasteiger partial charge on any atom is 0.196 e. The predicted molar refractivity (Wildman–Crippen MR) is 119 cm³/mol. The van der Waals surface area contributed by atoms with Crippen molar-refractivity contribution >= 4 is 33.7 Å². The second kappa shape index (κ2) is 7.81. The molecule has 0 aliphatic heterocycles. The summed E-state index contributed by atoms with van der Waals surface area (Å²) in [6.45, 7) is 0. The van der Waals surface area contributed by atoms with Crippen LogP contribution in [0.1, 0.15) is 32.1 Å². The summed E-state index contributed by atoms with van der Waals surface area (Å²) >= 11 is 7.98. The first-order valence-electron chi connectivity index (χ1n) is 9.98. The van der Waals surface area contributed by atoms with E-state index in [1.165, 1.54) is 25.3 Å². The monoisotopic (exact) mass is 425 g/mol. The van der Waals surface area contributed by atoms with E-state index in [2.05, 4.69) is 27.2 Å². The molecule has 0 spiro atoms. The van der Waals surface area contributed by atoms with Crippen molar-refractivity contribution in [3.63, 3.8) is 0 Å². The predicted octanol–water partition coefficient (Wildman–Crippen LogP) is 7.27. The maximum atomic E-state index is 14.8. The van der Waals surface area contributed by atoms with Crippen LogP contribution in [0, 0.1) is 5.82 Å². The zero-order valence-corrected chi connectivity index (χ0v) is 17.4. The van der Waals surface area contributed by atoms with E-state index in [9.17, 15) is 4.39 Å². The van der Waals surface area contributed by atoms with Gasteiger partial charge in [0.1, 0.15) is 17.3 Å². The van der Waals surface area contributed by atoms with Gasteiger partial charge in [-0.2, -0.15) is 0 Å². The molecule has 1 aliphatic rings. The third kappa shape index (κ3) is 3.43. The largest absolute Gasteiger partial charge is 0.367 e. The summed E-state index contributed by atoms with van der Waals surface area (Å²) in [5, 5.41) is 6.19. The topological polar surface area (TPSA) is 29.3 Å². The van der Waals surface area contributed by atoms with Gasteiger partial charge < -0.3 is 5.32 Å². The van der Waals surface area contributed by atoms with Gasteiger partial charge in [0.05, 0.1) is 16.3 Å². The number of anilines is 1. The summed E-state index contributed by atoms with van der Waals surface area (Å²) in [4.78, 5) is 5.64. The Morgan fingerprint density at radius 3 is 2.59 bits per heavy atom. The van der Waals surface area contributed by atoms with Crippen LogP contribution >= 0.6 is 22.9 Å². The summed E-state index contributed by atoms with van der Waals surface area (Å²) in [5.41, 5.74) is 3.11. The molecular formula is C23H21ClFN3S. The Balaban J connectivity index is 1.72. The van der Waals surface area contributed by atoms with E-state index < -0.39 is 0 Å². The van der Waals surface area contributed by atoms with Gasteiger partial charge in [-0.25, -0.2) is 9.37 Å². The average molecular weight is 426 g/mol. The molecule has 1 aliphatic carbocycles. The number of aromatic nitrogens is 2. The van der Waals surface area contributed by atoms with E-state index >= 15 is 0 Å². The van der Waals surface area contributed by atoms with Crippen LogP contribution in [-0.4, -0.2) is 15.4 Å². The fourth-order valence-corrected chi connectivity index (χ4v) is 5.29. The standard InChI is InChI=1S/C23H21ClFN3S/c24-17-12-7-13-18(25)20(17)21-22(26-16-10-5-2-6-11-16)28-19(14-29-23(28)27-21)15-8-3-1-4-9-15/h1,3-4,7-9,12-14,16,26H,2,5-6,10-11H2. The highest BCUT2D eigenvalue weighted by atomic mass is 35.5. The summed E-state index contributed by atoms with van der Waals surface area (Å²) < 4.78 is 16.9. The Bertz CT molecular complexity index is 1130. The normalized spacial score (nSPS) is 15.1. The van der Waals surface area contributed by atoms with E-state index in [-0.39, 0.29) is 5.82 Å². The van der Waals surface area contributed by atoms with Crippen LogP contribution in [0.4, 0.5) is 10.2 Å². The summed E-state index contributed by atoms with van der Waals surface area (Å²) in [6.07, 6.45) is 5.93. The molecule has 5 rings (SSSR count). The number of halogens is 2. The van der Waals surface area contributed by atoms with Crippen molar-refractivity contribution in [1.82, 2.24) is 9.38 Å². The molecule has 2 aromatic heterocycles. The number of hydrogen-bond acceptors (Lipinski definition) is 3. The van der Waals surface area contributed by atoms with Gasteiger partial charge in [0.2, 0.25) is 0 Å². The molecule has 1 saturated carbocycles. The smallest absolute Gasteiger partial charge is 0.196 e. The Morgan fingerprint density at radius 2 is 1.83 bits per heavy atom. The Hall–Kier alpha value is -2.37. The number of nitrogens with one attached hydrogen (secondary N) is 1. The quantitative estimate of drug-likeness (QED) is 0.372. The van der Waals surface area contributed by atoms with E-state index in [1.54, 1.807) is 23.5 Å². The van der Waals surface area contributed by atoms with Crippen molar-refractivity contribution < 1.29 is 4.39 Å². The maximum absolute atomic E-state index is 14.8. The van der Waals surface area contributed by atoms with Crippen molar-refractivity contribution in [1.29, 1.82) is 0 Å². The minimum absolute atomic E-state index is 0.351. The first-order chi connectivity index (χ1) is 14.2. The Kier molecular flexibility index (Phi) is 5.02. The average Bonchev–Trinajstić information content (AvgIpc) is 3.30. The molecule has 6 heteroatoms. The molecule has 0 amide bonds. The number of benzene rings is 2. The lowest BCUT2D eigenvalue weighted by atomic mass is 9.95. The second-order valence-electron chi connectivity index (χ2n) is 7.49. The van der Waals surface area contributed by atoms with Gasteiger partial charge in [-0.1, -0.05) is 67.3 Å².